The molecule has 0 saturated heterocycles. The van der Waals surface area contributed by atoms with Gasteiger partial charge in [0.05, 0.1) is 26.3 Å². The van der Waals surface area contributed by atoms with E-state index in [1.54, 1.807) is 33.3 Å². The van der Waals surface area contributed by atoms with E-state index in [0.717, 1.165) is 5.56 Å². The van der Waals surface area contributed by atoms with Gasteiger partial charge in [0, 0.05) is 12.1 Å². The van der Waals surface area contributed by atoms with E-state index in [0.29, 0.717) is 47.4 Å². The first-order valence-corrected chi connectivity index (χ1v) is 9.20. The number of carbonyl (C=O) groups is 1. The predicted octanol–water partition coefficient (Wildman–Crippen LogP) is 3.71. The zero-order valence-corrected chi connectivity index (χ0v) is 16.6. The van der Waals surface area contributed by atoms with Crippen LogP contribution in [-0.2, 0) is 17.6 Å². The lowest BCUT2D eigenvalue weighted by Crippen LogP contribution is -2.27. The van der Waals surface area contributed by atoms with Gasteiger partial charge in [0.2, 0.25) is 11.8 Å². The summed E-state index contributed by atoms with van der Waals surface area (Å²) < 4.78 is 29.5. The van der Waals surface area contributed by atoms with Gasteiger partial charge in [-0.25, -0.2) is 9.37 Å². The van der Waals surface area contributed by atoms with E-state index in [4.69, 9.17) is 13.9 Å². The van der Waals surface area contributed by atoms with Crippen LogP contribution in [0.15, 0.2) is 46.9 Å². The first-order chi connectivity index (χ1) is 14.0. The van der Waals surface area contributed by atoms with Crippen LogP contribution in [0, 0.1) is 12.7 Å². The van der Waals surface area contributed by atoms with E-state index < -0.39 is 0 Å². The average molecular weight is 398 g/mol. The quantitative estimate of drug-likeness (QED) is 0.626. The molecule has 0 aliphatic heterocycles. The monoisotopic (exact) mass is 398 g/mol. The van der Waals surface area contributed by atoms with Crippen LogP contribution in [0.25, 0.3) is 11.5 Å². The van der Waals surface area contributed by atoms with Crippen molar-refractivity contribution in [2.24, 2.45) is 0 Å². The maximum Gasteiger partial charge on any atom is 0.226 e. The number of hydrogen-bond acceptors (Lipinski definition) is 5. The molecule has 0 atom stereocenters. The van der Waals surface area contributed by atoms with Gasteiger partial charge >= 0.3 is 0 Å². The Kier molecular flexibility index (Phi) is 6.49. The standard InChI is InChI=1S/C22H23FN2O4/c1-14-18(25-22(29-14)16-5-4-6-17(23)12-16)13-21(26)24-10-9-15-7-8-19(27-2)20(11-15)28-3/h4-8,11-12H,9-10,13H2,1-3H3,(H,24,26). The lowest BCUT2D eigenvalue weighted by Gasteiger charge is -2.10. The van der Waals surface area contributed by atoms with Gasteiger partial charge in [0.15, 0.2) is 11.5 Å². The molecule has 0 saturated carbocycles. The van der Waals surface area contributed by atoms with Crippen LogP contribution in [0.1, 0.15) is 17.0 Å². The minimum atomic E-state index is -0.368. The molecule has 3 rings (SSSR count). The zero-order chi connectivity index (χ0) is 20.8. The van der Waals surface area contributed by atoms with Gasteiger partial charge in [-0.1, -0.05) is 12.1 Å². The molecular weight excluding hydrogens is 375 g/mol. The van der Waals surface area contributed by atoms with Crippen molar-refractivity contribution in [2.45, 2.75) is 19.8 Å². The second-order valence-electron chi connectivity index (χ2n) is 6.50. The summed E-state index contributed by atoms with van der Waals surface area (Å²) in [5.74, 6) is 1.63. The Labute approximate surface area is 168 Å². The predicted molar refractivity (Wildman–Crippen MR) is 107 cm³/mol. The van der Waals surface area contributed by atoms with Gasteiger partial charge in [-0.3, -0.25) is 4.79 Å². The van der Waals surface area contributed by atoms with Crippen LogP contribution in [0.5, 0.6) is 11.5 Å². The molecule has 0 bridgehead atoms. The lowest BCUT2D eigenvalue weighted by molar-refractivity contribution is -0.120. The molecule has 0 fully saturated rings. The molecule has 1 N–H and O–H groups in total. The van der Waals surface area contributed by atoms with Crippen molar-refractivity contribution in [1.82, 2.24) is 10.3 Å². The van der Waals surface area contributed by atoms with E-state index in [9.17, 15) is 9.18 Å². The summed E-state index contributed by atoms with van der Waals surface area (Å²) in [6.45, 7) is 2.21. The Hall–Kier alpha value is -3.35. The summed E-state index contributed by atoms with van der Waals surface area (Å²) in [6.07, 6.45) is 0.745. The SMILES string of the molecule is COc1ccc(CCNC(=O)Cc2nc(-c3cccc(F)c3)oc2C)cc1OC. The fourth-order valence-electron chi connectivity index (χ4n) is 2.93. The Morgan fingerprint density at radius 1 is 1.14 bits per heavy atom. The number of nitrogens with zero attached hydrogens (tertiary/aromatic N) is 1. The van der Waals surface area contributed by atoms with Crippen LogP contribution < -0.4 is 14.8 Å². The summed E-state index contributed by atoms with van der Waals surface area (Å²) in [6, 6.07) is 11.7. The van der Waals surface area contributed by atoms with Gasteiger partial charge in [0.1, 0.15) is 11.6 Å². The number of aryl methyl sites for hydroxylation is 1. The number of nitrogens with one attached hydrogen (secondary N) is 1. The number of amides is 1. The number of benzene rings is 2. The topological polar surface area (TPSA) is 73.6 Å². The highest BCUT2D eigenvalue weighted by atomic mass is 19.1. The Morgan fingerprint density at radius 3 is 2.66 bits per heavy atom. The molecule has 6 nitrogen and oxygen atoms in total. The van der Waals surface area contributed by atoms with Crippen molar-refractivity contribution in [3.63, 3.8) is 0 Å². The number of halogens is 1. The zero-order valence-electron chi connectivity index (χ0n) is 16.6. The Bertz CT molecular complexity index is 1000. The van der Waals surface area contributed by atoms with Gasteiger partial charge in [-0.05, 0) is 49.2 Å². The fraction of sp³-hybridized carbons (Fsp3) is 0.273. The summed E-state index contributed by atoms with van der Waals surface area (Å²) >= 11 is 0. The van der Waals surface area contributed by atoms with Gasteiger partial charge in [-0.15, -0.1) is 0 Å². The smallest absolute Gasteiger partial charge is 0.226 e. The minimum Gasteiger partial charge on any atom is -0.493 e. The molecule has 0 spiro atoms. The molecule has 1 amide bonds. The highest BCUT2D eigenvalue weighted by Gasteiger charge is 2.15. The van der Waals surface area contributed by atoms with Crippen molar-refractivity contribution >= 4 is 5.91 Å². The number of hydrogen-bond donors (Lipinski definition) is 1. The molecule has 1 heterocycles. The van der Waals surface area contributed by atoms with Crippen molar-refractivity contribution in [3.05, 3.63) is 65.3 Å². The molecule has 0 aliphatic rings. The molecule has 0 radical (unpaired) electrons. The maximum atomic E-state index is 13.4. The van der Waals surface area contributed by atoms with Crippen molar-refractivity contribution < 1.29 is 23.1 Å². The number of aromatic nitrogens is 1. The molecule has 0 aliphatic carbocycles. The third-order valence-corrected chi connectivity index (χ3v) is 4.48. The third-order valence-electron chi connectivity index (χ3n) is 4.48. The molecule has 2 aromatic carbocycles. The number of methoxy groups -OCH3 is 2. The van der Waals surface area contributed by atoms with Crippen LogP contribution >= 0.6 is 0 Å². The third kappa shape index (κ3) is 5.13. The van der Waals surface area contributed by atoms with E-state index in [2.05, 4.69) is 10.3 Å². The Balaban J connectivity index is 1.56. The maximum absolute atomic E-state index is 13.4. The minimum absolute atomic E-state index is 0.0938. The molecule has 152 valence electrons. The summed E-state index contributed by atoms with van der Waals surface area (Å²) in [5, 5.41) is 2.88. The van der Waals surface area contributed by atoms with E-state index in [-0.39, 0.29) is 18.1 Å². The fourth-order valence-corrected chi connectivity index (χ4v) is 2.93. The number of carbonyl (C=O) groups excluding carboxylic acids is 1. The van der Waals surface area contributed by atoms with Crippen LogP contribution in [-0.4, -0.2) is 31.7 Å². The molecule has 3 aromatic rings. The second kappa shape index (κ2) is 9.23. The van der Waals surface area contributed by atoms with Crippen molar-refractivity contribution in [1.29, 1.82) is 0 Å². The second-order valence-corrected chi connectivity index (χ2v) is 6.50. The number of ether oxygens (including phenoxy) is 2. The van der Waals surface area contributed by atoms with Crippen LogP contribution in [0.2, 0.25) is 0 Å². The first-order valence-electron chi connectivity index (χ1n) is 9.20. The number of rotatable bonds is 8. The summed E-state index contributed by atoms with van der Waals surface area (Å²) in [5.41, 5.74) is 2.09. The molecule has 0 unspecified atom stereocenters. The molecular formula is C22H23FN2O4. The molecule has 7 heteroatoms. The van der Waals surface area contributed by atoms with E-state index >= 15 is 0 Å². The van der Waals surface area contributed by atoms with E-state index in [1.807, 2.05) is 18.2 Å². The van der Waals surface area contributed by atoms with Crippen molar-refractivity contribution in [3.8, 4) is 23.0 Å². The lowest BCUT2D eigenvalue weighted by atomic mass is 10.1. The van der Waals surface area contributed by atoms with Gasteiger partial charge in [0.25, 0.3) is 0 Å². The highest BCUT2D eigenvalue weighted by Crippen LogP contribution is 2.27. The normalized spacial score (nSPS) is 10.6. The Morgan fingerprint density at radius 2 is 1.93 bits per heavy atom. The van der Waals surface area contributed by atoms with Crippen LogP contribution in [0.3, 0.4) is 0 Å². The van der Waals surface area contributed by atoms with Crippen LogP contribution in [0.4, 0.5) is 4.39 Å². The largest absolute Gasteiger partial charge is 0.493 e. The average Bonchev–Trinajstić information content (AvgIpc) is 3.08. The number of oxazole rings is 1. The van der Waals surface area contributed by atoms with Gasteiger partial charge < -0.3 is 19.2 Å². The summed E-state index contributed by atoms with van der Waals surface area (Å²) in [7, 11) is 3.17. The molecule has 29 heavy (non-hydrogen) atoms. The first kappa shape index (κ1) is 20.4. The highest BCUT2D eigenvalue weighted by molar-refractivity contribution is 5.78. The molecule has 1 aromatic heterocycles. The van der Waals surface area contributed by atoms with E-state index in [1.165, 1.54) is 12.1 Å². The summed E-state index contributed by atoms with van der Waals surface area (Å²) in [4.78, 5) is 16.6. The van der Waals surface area contributed by atoms with Gasteiger partial charge in [-0.2, -0.15) is 0 Å². The van der Waals surface area contributed by atoms with Crippen molar-refractivity contribution in [2.75, 3.05) is 20.8 Å².